The normalized spacial score (nSPS) is 14.6. The Labute approximate surface area is 193 Å². The van der Waals surface area contributed by atoms with E-state index in [1.807, 2.05) is 0 Å². The number of hydrogen-bond acceptors (Lipinski definition) is 0. The monoisotopic (exact) mass is 416 g/mol. The van der Waals surface area contributed by atoms with Gasteiger partial charge in [-0.2, -0.15) is 0 Å². The van der Waals surface area contributed by atoms with Gasteiger partial charge in [-0.15, -0.1) is 0 Å². The highest BCUT2D eigenvalue weighted by molar-refractivity contribution is 5.78. The number of hydrogen-bond donors (Lipinski definition) is 0. The molecule has 0 N–H and O–H groups in total. The lowest BCUT2D eigenvalue weighted by molar-refractivity contribution is 0.544. The maximum atomic E-state index is 2.38. The average molecular weight is 417 g/mol. The molecule has 0 saturated heterocycles. The molecule has 0 nitrogen and oxygen atoms in total. The molecule has 0 fully saturated rings. The van der Waals surface area contributed by atoms with Gasteiger partial charge in [-0.3, -0.25) is 0 Å². The molecule has 0 heteroatoms. The first-order valence-corrected chi connectivity index (χ1v) is 12.1. The van der Waals surface area contributed by atoms with Crippen molar-refractivity contribution in [3.8, 4) is 11.1 Å². The van der Waals surface area contributed by atoms with Crippen molar-refractivity contribution in [2.75, 3.05) is 0 Å². The van der Waals surface area contributed by atoms with Gasteiger partial charge in [0, 0.05) is 5.92 Å². The maximum Gasteiger partial charge on any atom is 0.0142 e. The lowest BCUT2D eigenvalue weighted by Gasteiger charge is -2.21. The molecule has 0 bridgehead atoms. The largest absolute Gasteiger partial charge is 0.0648 e. The van der Waals surface area contributed by atoms with Crippen LogP contribution < -0.4 is 0 Å². The van der Waals surface area contributed by atoms with E-state index in [0.29, 0.717) is 17.8 Å². The number of benzene rings is 4. The van der Waals surface area contributed by atoms with Crippen molar-refractivity contribution in [2.24, 2.45) is 0 Å². The summed E-state index contributed by atoms with van der Waals surface area (Å²) in [6.07, 6.45) is 3.44. The Balaban J connectivity index is 1.32. The summed E-state index contributed by atoms with van der Waals surface area (Å²) in [6.45, 7) is 4.69. The molecule has 0 spiro atoms. The fourth-order valence-corrected chi connectivity index (χ4v) is 5.52. The molecule has 0 aromatic heterocycles. The molecule has 0 heterocycles. The van der Waals surface area contributed by atoms with E-state index < -0.39 is 0 Å². The van der Waals surface area contributed by atoms with Gasteiger partial charge in [-0.1, -0.05) is 117 Å². The summed E-state index contributed by atoms with van der Waals surface area (Å²) >= 11 is 0. The molecule has 0 aliphatic heterocycles. The molecule has 4 aromatic rings. The van der Waals surface area contributed by atoms with Crippen LogP contribution in [0.4, 0.5) is 0 Å². The molecule has 0 amide bonds. The Morgan fingerprint density at radius 1 is 0.625 bits per heavy atom. The van der Waals surface area contributed by atoms with Crippen LogP contribution in [0.2, 0.25) is 0 Å². The van der Waals surface area contributed by atoms with E-state index in [-0.39, 0.29) is 0 Å². The van der Waals surface area contributed by atoms with Crippen molar-refractivity contribution in [3.05, 3.63) is 131 Å². The first-order valence-electron chi connectivity index (χ1n) is 12.1. The molecule has 0 saturated carbocycles. The van der Waals surface area contributed by atoms with E-state index in [2.05, 4.69) is 117 Å². The smallest absolute Gasteiger partial charge is 0.0142 e. The Kier molecular flexibility index (Phi) is 5.95. The van der Waals surface area contributed by atoms with Crippen LogP contribution in [0.3, 0.4) is 0 Å². The summed E-state index contributed by atoms with van der Waals surface area (Å²) in [5.41, 5.74) is 10.1. The summed E-state index contributed by atoms with van der Waals surface area (Å²) in [6, 6.07) is 38.3. The standard InChI is InChI=1S/C32H32/c1-3-25(27-11-5-4-6-12-27)21-23(2)26-19-17-24(18-20-26)22-32-30-15-9-7-13-28(30)29-14-8-10-16-31(29)32/h4-20,23,25,32H,3,21-22H2,1-2H3. The summed E-state index contributed by atoms with van der Waals surface area (Å²) in [7, 11) is 0. The molecule has 1 aliphatic rings. The van der Waals surface area contributed by atoms with Gasteiger partial charge in [0.2, 0.25) is 0 Å². The highest BCUT2D eigenvalue weighted by Crippen LogP contribution is 2.46. The Morgan fingerprint density at radius 2 is 1.19 bits per heavy atom. The van der Waals surface area contributed by atoms with Crippen LogP contribution in [0, 0.1) is 0 Å². The van der Waals surface area contributed by atoms with E-state index in [1.165, 1.54) is 51.8 Å². The first-order chi connectivity index (χ1) is 15.7. The minimum absolute atomic E-state index is 0.452. The van der Waals surface area contributed by atoms with E-state index in [0.717, 1.165) is 6.42 Å². The molecular formula is C32H32. The van der Waals surface area contributed by atoms with Crippen molar-refractivity contribution in [1.29, 1.82) is 0 Å². The number of fused-ring (bicyclic) bond motifs is 3. The van der Waals surface area contributed by atoms with Crippen LogP contribution in [-0.2, 0) is 6.42 Å². The van der Waals surface area contributed by atoms with Crippen LogP contribution in [0.1, 0.15) is 72.3 Å². The lowest BCUT2D eigenvalue weighted by atomic mass is 9.84. The van der Waals surface area contributed by atoms with Gasteiger partial charge in [-0.05, 0) is 70.0 Å². The van der Waals surface area contributed by atoms with Gasteiger partial charge in [0.1, 0.15) is 0 Å². The SMILES string of the molecule is CCC(CC(C)c1ccc(CC2c3ccccc3-c3ccccc32)cc1)c1ccccc1. The highest BCUT2D eigenvalue weighted by Gasteiger charge is 2.28. The van der Waals surface area contributed by atoms with Gasteiger partial charge in [0.05, 0.1) is 0 Å². The molecular weight excluding hydrogens is 384 g/mol. The van der Waals surface area contributed by atoms with Crippen molar-refractivity contribution in [3.63, 3.8) is 0 Å². The van der Waals surface area contributed by atoms with Crippen LogP contribution in [0.5, 0.6) is 0 Å². The van der Waals surface area contributed by atoms with Gasteiger partial charge in [-0.25, -0.2) is 0 Å². The van der Waals surface area contributed by atoms with Gasteiger partial charge in [0.25, 0.3) is 0 Å². The van der Waals surface area contributed by atoms with Crippen molar-refractivity contribution in [1.82, 2.24) is 0 Å². The van der Waals surface area contributed by atoms with Crippen molar-refractivity contribution >= 4 is 0 Å². The van der Waals surface area contributed by atoms with Crippen molar-refractivity contribution < 1.29 is 0 Å². The molecule has 5 rings (SSSR count). The van der Waals surface area contributed by atoms with Crippen molar-refractivity contribution in [2.45, 2.75) is 50.9 Å². The highest BCUT2D eigenvalue weighted by atomic mass is 14.3. The van der Waals surface area contributed by atoms with Crippen LogP contribution >= 0.6 is 0 Å². The minimum atomic E-state index is 0.452. The molecule has 2 atom stereocenters. The van der Waals surface area contributed by atoms with Crippen LogP contribution in [-0.4, -0.2) is 0 Å². The predicted molar refractivity (Wildman–Crippen MR) is 136 cm³/mol. The van der Waals surface area contributed by atoms with Crippen LogP contribution in [0.15, 0.2) is 103 Å². The Morgan fingerprint density at radius 3 is 1.78 bits per heavy atom. The molecule has 4 aromatic carbocycles. The van der Waals surface area contributed by atoms with Gasteiger partial charge >= 0.3 is 0 Å². The van der Waals surface area contributed by atoms with E-state index in [9.17, 15) is 0 Å². The molecule has 32 heavy (non-hydrogen) atoms. The zero-order valence-corrected chi connectivity index (χ0v) is 19.2. The van der Waals surface area contributed by atoms with E-state index >= 15 is 0 Å². The zero-order valence-electron chi connectivity index (χ0n) is 19.2. The summed E-state index contributed by atoms with van der Waals surface area (Å²) < 4.78 is 0. The quantitative estimate of drug-likeness (QED) is 0.282. The van der Waals surface area contributed by atoms with Crippen LogP contribution in [0.25, 0.3) is 11.1 Å². The topological polar surface area (TPSA) is 0 Å². The van der Waals surface area contributed by atoms with Gasteiger partial charge in [0.15, 0.2) is 0 Å². The molecule has 1 aliphatic carbocycles. The predicted octanol–water partition coefficient (Wildman–Crippen LogP) is 8.73. The first kappa shape index (κ1) is 20.8. The maximum absolute atomic E-state index is 2.38. The second-order valence-electron chi connectivity index (χ2n) is 9.33. The fraction of sp³-hybridized carbons (Fsp3) is 0.250. The van der Waals surface area contributed by atoms with E-state index in [4.69, 9.17) is 0 Å². The summed E-state index contributed by atoms with van der Waals surface area (Å²) in [5, 5.41) is 0. The second kappa shape index (κ2) is 9.17. The van der Waals surface area contributed by atoms with E-state index in [1.54, 1.807) is 0 Å². The molecule has 2 unspecified atom stereocenters. The average Bonchev–Trinajstić information content (AvgIpc) is 3.17. The third-order valence-electron chi connectivity index (χ3n) is 7.35. The second-order valence-corrected chi connectivity index (χ2v) is 9.33. The zero-order chi connectivity index (χ0) is 21.9. The third kappa shape index (κ3) is 4.02. The summed E-state index contributed by atoms with van der Waals surface area (Å²) in [5.74, 6) is 1.63. The Bertz CT molecular complexity index is 1120. The molecule has 0 radical (unpaired) electrons. The fourth-order valence-electron chi connectivity index (χ4n) is 5.52. The summed E-state index contributed by atoms with van der Waals surface area (Å²) in [4.78, 5) is 0. The van der Waals surface area contributed by atoms with Gasteiger partial charge < -0.3 is 0 Å². The molecule has 160 valence electrons. The third-order valence-corrected chi connectivity index (χ3v) is 7.35. The Hall–Kier alpha value is -3.12. The number of rotatable bonds is 7. The lowest BCUT2D eigenvalue weighted by Crippen LogP contribution is -2.05. The minimum Gasteiger partial charge on any atom is -0.0648 e.